The summed E-state index contributed by atoms with van der Waals surface area (Å²) in [6.07, 6.45) is 3.29. The van der Waals surface area contributed by atoms with Crippen LogP contribution in [0.3, 0.4) is 0 Å². The van der Waals surface area contributed by atoms with Crippen LogP contribution < -0.4 is 0 Å². The third kappa shape index (κ3) is 3.29. The molecule has 0 bridgehead atoms. The molecule has 2 aromatic rings. The van der Waals surface area contributed by atoms with Crippen molar-refractivity contribution in [3.05, 3.63) is 53.4 Å². The van der Waals surface area contributed by atoms with Gasteiger partial charge in [-0.1, -0.05) is 35.5 Å². The Labute approximate surface area is 140 Å². The molecule has 5 heteroatoms. The second-order valence-corrected chi connectivity index (χ2v) is 7.55. The first-order chi connectivity index (χ1) is 11.3. The summed E-state index contributed by atoms with van der Waals surface area (Å²) in [4.78, 5) is 14.6. The van der Waals surface area contributed by atoms with Gasteiger partial charge in [-0.15, -0.1) is 0 Å². The minimum atomic E-state index is 0.00922. The van der Waals surface area contributed by atoms with Crippen molar-refractivity contribution >= 4 is 17.7 Å². The maximum Gasteiger partial charge on any atom is 0.276 e. The standard InChI is InChI=1S/C18H20N2O2S/c21-18(15-12-16(22-19-15)13-6-7-13)20-9-8-17(23-11-10-20)14-4-2-1-3-5-14/h1-5,12-13,17H,6-11H2. The molecule has 2 aliphatic rings. The number of carbonyl (C=O) groups is 1. The van der Waals surface area contributed by atoms with E-state index >= 15 is 0 Å². The first-order valence-electron chi connectivity index (χ1n) is 8.23. The van der Waals surface area contributed by atoms with Gasteiger partial charge in [0.25, 0.3) is 5.91 Å². The molecule has 4 rings (SSSR count). The zero-order valence-corrected chi connectivity index (χ0v) is 13.8. The highest BCUT2D eigenvalue weighted by Gasteiger charge is 2.30. The maximum absolute atomic E-state index is 12.6. The molecule has 1 unspecified atom stereocenters. The molecule has 2 fully saturated rings. The largest absolute Gasteiger partial charge is 0.360 e. The Bertz CT molecular complexity index is 681. The maximum atomic E-state index is 12.6. The zero-order chi connectivity index (χ0) is 15.6. The predicted octanol–water partition coefficient (Wildman–Crippen LogP) is 3.87. The van der Waals surface area contributed by atoms with Crippen LogP contribution in [0.2, 0.25) is 0 Å². The second kappa shape index (κ2) is 6.40. The summed E-state index contributed by atoms with van der Waals surface area (Å²) in [6.45, 7) is 1.55. The van der Waals surface area contributed by atoms with Crippen molar-refractivity contribution in [1.29, 1.82) is 0 Å². The van der Waals surface area contributed by atoms with Crippen LogP contribution in [0.25, 0.3) is 0 Å². The van der Waals surface area contributed by atoms with E-state index in [0.717, 1.165) is 43.9 Å². The Hall–Kier alpha value is -1.75. The molecule has 1 aliphatic heterocycles. The number of thioether (sulfide) groups is 1. The van der Waals surface area contributed by atoms with Gasteiger partial charge in [0.2, 0.25) is 0 Å². The lowest BCUT2D eigenvalue weighted by Crippen LogP contribution is -2.33. The van der Waals surface area contributed by atoms with Crippen LogP contribution in [0.5, 0.6) is 0 Å². The van der Waals surface area contributed by atoms with Crippen molar-refractivity contribution in [3.8, 4) is 0 Å². The smallest absolute Gasteiger partial charge is 0.276 e. The summed E-state index contributed by atoms with van der Waals surface area (Å²) in [7, 11) is 0. The van der Waals surface area contributed by atoms with Gasteiger partial charge < -0.3 is 9.42 Å². The van der Waals surface area contributed by atoms with E-state index in [4.69, 9.17) is 4.52 Å². The summed E-state index contributed by atoms with van der Waals surface area (Å²) < 4.78 is 5.32. The Balaban J connectivity index is 1.42. The normalized spacial score (nSPS) is 21.9. The van der Waals surface area contributed by atoms with E-state index in [1.54, 1.807) is 0 Å². The first-order valence-corrected chi connectivity index (χ1v) is 9.28. The fourth-order valence-corrected chi connectivity index (χ4v) is 4.25. The van der Waals surface area contributed by atoms with Crippen molar-refractivity contribution in [2.45, 2.75) is 30.4 Å². The monoisotopic (exact) mass is 328 g/mol. The van der Waals surface area contributed by atoms with Crippen LogP contribution in [0.1, 0.15) is 52.2 Å². The fraction of sp³-hybridized carbons (Fsp3) is 0.444. The highest BCUT2D eigenvalue weighted by atomic mass is 32.2. The molecular formula is C18H20N2O2S. The quantitative estimate of drug-likeness (QED) is 0.858. The molecule has 0 spiro atoms. The topological polar surface area (TPSA) is 46.3 Å². The van der Waals surface area contributed by atoms with Crippen molar-refractivity contribution in [3.63, 3.8) is 0 Å². The summed E-state index contributed by atoms with van der Waals surface area (Å²) in [5.41, 5.74) is 1.82. The van der Waals surface area contributed by atoms with E-state index in [9.17, 15) is 4.79 Å². The molecule has 4 nitrogen and oxygen atoms in total. The highest BCUT2D eigenvalue weighted by molar-refractivity contribution is 7.99. The fourth-order valence-electron chi connectivity index (χ4n) is 3.02. The van der Waals surface area contributed by atoms with E-state index in [1.807, 2.05) is 28.8 Å². The zero-order valence-electron chi connectivity index (χ0n) is 13.0. The van der Waals surface area contributed by atoms with Crippen molar-refractivity contribution < 1.29 is 9.32 Å². The molecule has 120 valence electrons. The van der Waals surface area contributed by atoms with Gasteiger partial charge in [-0.2, -0.15) is 11.8 Å². The molecule has 23 heavy (non-hydrogen) atoms. The van der Waals surface area contributed by atoms with Gasteiger partial charge in [-0.25, -0.2) is 0 Å². The number of amides is 1. The van der Waals surface area contributed by atoms with E-state index in [2.05, 4.69) is 29.4 Å². The first kappa shape index (κ1) is 14.8. The van der Waals surface area contributed by atoms with Crippen LogP contribution >= 0.6 is 11.8 Å². The van der Waals surface area contributed by atoms with Crippen LogP contribution in [-0.2, 0) is 0 Å². The lowest BCUT2D eigenvalue weighted by Gasteiger charge is -2.18. The summed E-state index contributed by atoms with van der Waals surface area (Å²) in [5, 5.41) is 4.45. The Kier molecular flexibility index (Phi) is 4.12. The third-order valence-electron chi connectivity index (χ3n) is 4.53. The van der Waals surface area contributed by atoms with E-state index < -0.39 is 0 Å². The third-order valence-corrected chi connectivity index (χ3v) is 5.86. The predicted molar refractivity (Wildman–Crippen MR) is 90.6 cm³/mol. The molecule has 1 saturated heterocycles. The van der Waals surface area contributed by atoms with E-state index in [0.29, 0.717) is 16.9 Å². The van der Waals surface area contributed by atoms with E-state index in [1.165, 1.54) is 5.56 Å². The lowest BCUT2D eigenvalue weighted by atomic mass is 10.1. The summed E-state index contributed by atoms with van der Waals surface area (Å²) in [6, 6.07) is 12.4. The molecule has 2 heterocycles. The average molecular weight is 328 g/mol. The molecule has 1 atom stereocenters. The summed E-state index contributed by atoms with van der Waals surface area (Å²) >= 11 is 1.94. The van der Waals surface area contributed by atoms with Gasteiger partial charge in [0.1, 0.15) is 5.76 Å². The number of hydrogen-bond acceptors (Lipinski definition) is 4. The number of hydrogen-bond donors (Lipinski definition) is 0. The SMILES string of the molecule is O=C(c1cc(C2CC2)on1)N1CCSC(c2ccccc2)CC1. The molecule has 1 aromatic carbocycles. The van der Waals surface area contributed by atoms with Gasteiger partial charge in [0, 0.05) is 36.1 Å². The van der Waals surface area contributed by atoms with Gasteiger partial charge in [0.05, 0.1) is 0 Å². The lowest BCUT2D eigenvalue weighted by molar-refractivity contribution is 0.0756. The van der Waals surface area contributed by atoms with Crippen molar-refractivity contribution in [1.82, 2.24) is 10.1 Å². The Morgan fingerprint density at radius 1 is 1.17 bits per heavy atom. The number of aromatic nitrogens is 1. The molecule has 1 saturated carbocycles. The van der Waals surface area contributed by atoms with Crippen LogP contribution in [-0.4, -0.2) is 34.8 Å². The molecule has 1 aliphatic carbocycles. The number of nitrogens with zero attached hydrogens (tertiary/aromatic N) is 2. The molecule has 1 aromatic heterocycles. The highest BCUT2D eigenvalue weighted by Crippen LogP contribution is 2.40. The van der Waals surface area contributed by atoms with Gasteiger partial charge >= 0.3 is 0 Å². The van der Waals surface area contributed by atoms with Crippen molar-refractivity contribution in [2.24, 2.45) is 0 Å². The summed E-state index contributed by atoms with van der Waals surface area (Å²) in [5.74, 6) is 2.33. The van der Waals surface area contributed by atoms with E-state index in [-0.39, 0.29) is 5.91 Å². The minimum Gasteiger partial charge on any atom is -0.360 e. The second-order valence-electron chi connectivity index (χ2n) is 6.24. The number of rotatable bonds is 3. The molecule has 1 amide bonds. The number of carbonyl (C=O) groups excluding carboxylic acids is 1. The molecular weight excluding hydrogens is 308 g/mol. The minimum absolute atomic E-state index is 0.00922. The number of benzene rings is 1. The van der Waals surface area contributed by atoms with Crippen LogP contribution in [0, 0.1) is 0 Å². The van der Waals surface area contributed by atoms with Gasteiger partial charge in [-0.3, -0.25) is 4.79 Å². The van der Waals surface area contributed by atoms with Crippen LogP contribution in [0.15, 0.2) is 40.9 Å². The molecule has 0 radical (unpaired) electrons. The molecule has 0 N–H and O–H groups in total. The average Bonchev–Trinajstić information content (AvgIpc) is 3.37. The Morgan fingerprint density at radius 2 is 2.00 bits per heavy atom. The van der Waals surface area contributed by atoms with Gasteiger partial charge in [0.15, 0.2) is 5.69 Å². The van der Waals surface area contributed by atoms with Crippen molar-refractivity contribution in [2.75, 3.05) is 18.8 Å². The van der Waals surface area contributed by atoms with Gasteiger partial charge in [-0.05, 0) is 24.8 Å². The van der Waals surface area contributed by atoms with Crippen LogP contribution in [0.4, 0.5) is 0 Å². The Morgan fingerprint density at radius 3 is 2.78 bits per heavy atom.